The number of aromatic nitrogens is 3. The van der Waals surface area contributed by atoms with Gasteiger partial charge in [0.1, 0.15) is 12.0 Å². The van der Waals surface area contributed by atoms with Crippen molar-refractivity contribution in [2.75, 3.05) is 0 Å². The molecule has 4 rings (SSSR count). The van der Waals surface area contributed by atoms with Crippen molar-refractivity contribution in [2.45, 2.75) is 69.5 Å². The van der Waals surface area contributed by atoms with Gasteiger partial charge in [-0.1, -0.05) is 20.8 Å². The number of fused-ring (bicyclic) bond motifs is 1. The molecule has 1 aromatic carbocycles. The van der Waals surface area contributed by atoms with E-state index in [2.05, 4.69) is 43.5 Å². The molecule has 5 nitrogen and oxygen atoms in total. The molecule has 1 aliphatic carbocycles. The minimum absolute atomic E-state index is 0.0968. The Bertz CT molecular complexity index is 1060. The first kappa shape index (κ1) is 21.0. The average Bonchev–Trinajstić information content (AvgIpc) is 3.28. The zero-order chi connectivity index (χ0) is 21.5. The highest BCUT2D eigenvalue weighted by atomic mass is 32.2. The molecule has 0 amide bonds. The van der Waals surface area contributed by atoms with Gasteiger partial charge >= 0.3 is 5.97 Å². The van der Waals surface area contributed by atoms with Crippen LogP contribution in [0.15, 0.2) is 41.6 Å². The van der Waals surface area contributed by atoms with Crippen LogP contribution in [0.3, 0.4) is 0 Å². The summed E-state index contributed by atoms with van der Waals surface area (Å²) in [6, 6.07) is 7.80. The molecule has 0 spiro atoms. The van der Waals surface area contributed by atoms with Crippen LogP contribution in [0.25, 0.3) is 11.0 Å². The summed E-state index contributed by atoms with van der Waals surface area (Å²) in [6.45, 7) is 7.39. The second kappa shape index (κ2) is 8.10. The highest BCUT2D eigenvalue weighted by molar-refractivity contribution is 7.97. The summed E-state index contributed by atoms with van der Waals surface area (Å²) in [5, 5.41) is 9.11. The number of alkyl halides is 1. The summed E-state index contributed by atoms with van der Waals surface area (Å²) in [4.78, 5) is 17.1. The summed E-state index contributed by atoms with van der Waals surface area (Å²) in [6.07, 6.45) is 5.90. The van der Waals surface area contributed by atoms with E-state index in [1.54, 1.807) is 22.4 Å². The number of carboxylic acid groups (broad SMARTS) is 1. The summed E-state index contributed by atoms with van der Waals surface area (Å²) >= 11 is 1.46. The van der Waals surface area contributed by atoms with Gasteiger partial charge in [-0.25, -0.2) is 14.2 Å². The smallest absolute Gasteiger partial charge is 0.337 e. The second-order valence-corrected chi connectivity index (χ2v) is 10.3. The van der Waals surface area contributed by atoms with Crippen LogP contribution >= 0.6 is 11.9 Å². The lowest BCUT2D eigenvalue weighted by Crippen LogP contribution is -2.24. The summed E-state index contributed by atoms with van der Waals surface area (Å²) in [5.41, 5.74) is 2.21. The van der Waals surface area contributed by atoms with Gasteiger partial charge in [-0.2, -0.15) is 0 Å². The zero-order valence-corrected chi connectivity index (χ0v) is 18.5. The van der Waals surface area contributed by atoms with Crippen LogP contribution in [0.5, 0.6) is 0 Å². The summed E-state index contributed by atoms with van der Waals surface area (Å²) in [7, 11) is 0. The van der Waals surface area contributed by atoms with E-state index in [1.807, 2.05) is 0 Å². The van der Waals surface area contributed by atoms with E-state index in [4.69, 9.17) is 10.1 Å². The Kier molecular flexibility index (Phi) is 5.66. The Morgan fingerprint density at radius 1 is 1.23 bits per heavy atom. The molecule has 1 N–H and O–H groups in total. The van der Waals surface area contributed by atoms with Crippen molar-refractivity contribution in [3.05, 3.63) is 48.0 Å². The molecule has 0 aliphatic heterocycles. The first-order valence-electron chi connectivity index (χ1n) is 10.4. The molecule has 1 aliphatic rings. The number of aromatic carboxylic acids is 1. The Balaban J connectivity index is 1.64. The number of nitrogens with zero attached hydrogens (tertiary/aromatic N) is 3. The lowest BCUT2D eigenvalue weighted by Gasteiger charge is -2.27. The number of rotatable bonds is 5. The maximum absolute atomic E-state index is 13.6. The van der Waals surface area contributed by atoms with E-state index in [1.165, 1.54) is 11.9 Å². The van der Waals surface area contributed by atoms with Crippen molar-refractivity contribution in [2.24, 2.45) is 5.92 Å². The Labute approximate surface area is 180 Å². The third kappa shape index (κ3) is 4.41. The lowest BCUT2D eigenvalue weighted by molar-refractivity contribution is 0.0697. The molecule has 0 atom stereocenters. The largest absolute Gasteiger partial charge is 0.478 e. The first-order valence-corrected chi connectivity index (χ1v) is 11.2. The monoisotopic (exact) mass is 429 g/mol. The van der Waals surface area contributed by atoms with Gasteiger partial charge in [-0.15, -0.1) is 0 Å². The molecular weight excluding hydrogens is 401 g/mol. The normalized spacial score (nSPS) is 20.0. The number of carboxylic acids is 1. The molecule has 0 bridgehead atoms. The van der Waals surface area contributed by atoms with Gasteiger partial charge < -0.3 is 9.67 Å². The van der Waals surface area contributed by atoms with Gasteiger partial charge in [0, 0.05) is 29.2 Å². The summed E-state index contributed by atoms with van der Waals surface area (Å²) < 4.78 is 17.7. The van der Waals surface area contributed by atoms with Crippen LogP contribution in [0.4, 0.5) is 4.39 Å². The van der Waals surface area contributed by atoms with Crippen LogP contribution < -0.4 is 0 Å². The quantitative estimate of drug-likeness (QED) is 0.547. The van der Waals surface area contributed by atoms with Crippen molar-refractivity contribution < 1.29 is 14.3 Å². The Morgan fingerprint density at radius 3 is 2.60 bits per heavy atom. The fourth-order valence-corrected chi connectivity index (χ4v) is 4.99. The van der Waals surface area contributed by atoms with Crippen molar-refractivity contribution in [1.82, 2.24) is 13.5 Å². The van der Waals surface area contributed by atoms with Gasteiger partial charge in [0.2, 0.25) is 0 Å². The minimum Gasteiger partial charge on any atom is -0.478 e. The molecular formula is C23H28FN3O2S. The van der Waals surface area contributed by atoms with Crippen molar-refractivity contribution in [3.63, 3.8) is 0 Å². The van der Waals surface area contributed by atoms with Gasteiger partial charge in [0.25, 0.3) is 0 Å². The van der Waals surface area contributed by atoms with Crippen LogP contribution in [0.1, 0.15) is 62.6 Å². The number of halogens is 1. The number of benzene rings is 1. The molecule has 1 saturated carbocycles. The van der Waals surface area contributed by atoms with Crippen molar-refractivity contribution >= 4 is 29.0 Å². The average molecular weight is 430 g/mol. The van der Waals surface area contributed by atoms with Crippen LogP contribution in [-0.4, -0.2) is 30.8 Å². The van der Waals surface area contributed by atoms with Gasteiger partial charge in [-0.3, -0.25) is 3.97 Å². The van der Waals surface area contributed by atoms with E-state index in [-0.39, 0.29) is 11.0 Å². The number of carbonyl (C=O) groups is 1. The van der Waals surface area contributed by atoms with E-state index in [9.17, 15) is 9.18 Å². The summed E-state index contributed by atoms with van der Waals surface area (Å²) in [5.74, 6) is 0.607. The number of hydrogen-bond acceptors (Lipinski definition) is 3. The predicted molar refractivity (Wildman–Crippen MR) is 118 cm³/mol. The van der Waals surface area contributed by atoms with Crippen LogP contribution in [-0.2, 0) is 12.0 Å². The molecule has 2 heterocycles. The molecule has 160 valence electrons. The number of hydrogen-bond donors (Lipinski definition) is 1. The number of imidazole rings is 1. The van der Waals surface area contributed by atoms with Crippen LogP contribution in [0, 0.1) is 5.92 Å². The predicted octanol–water partition coefficient (Wildman–Crippen LogP) is 5.92. The third-order valence-corrected chi connectivity index (χ3v) is 6.64. The molecule has 0 saturated heterocycles. The third-order valence-electron chi connectivity index (χ3n) is 5.73. The molecule has 0 unspecified atom stereocenters. The fraction of sp³-hybridized carbons (Fsp3) is 0.478. The van der Waals surface area contributed by atoms with Gasteiger partial charge in [-0.05, 0) is 67.8 Å². The van der Waals surface area contributed by atoms with E-state index in [0.29, 0.717) is 18.8 Å². The first-order chi connectivity index (χ1) is 14.2. The minimum atomic E-state index is -0.930. The Hall–Kier alpha value is -2.28. The molecule has 1 fully saturated rings. The van der Waals surface area contributed by atoms with Gasteiger partial charge in [0.05, 0.1) is 16.6 Å². The fourth-order valence-electron chi connectivity index (χ4n) is 4.17. The molecule has 7 heteroatoms. The van der Waals surface area contributed by atoms with Gasteiger partial charge in [0.15, 0.2) is 0 Å². The second-order valence-electron chi connectivity index (χ2n) is 9.22. The van der Waals surface area contributed by atoms with Crippen molar-refractivity contribution in [3.8, 4) is 0 Å². The molecule has 2 aromatic heterocycles. The standard InChI is InChI=1S/C23H28FN3O2S/c1-23(2,3)22-25-19-12-18(30-26-11-10-16(14-26)21(28)29)8-9-20(19)27(22)13-15-4-6-17(24)7-5-15/h8-12,14-15,17H,4-7,13H2,1-3H3,(H,28,29). The van der Waals surface area contributed by atoms with Crippen molar-refractivity contribution in [1.29, 1.82) is 0 Å². The molecule has 30 heavy (non-hydrogen) atoms. The highest BCUT2D eigenvalue weighted by Gasteiger charge is 2.27. The topological polar surface area (TPSA) is 60.1 Å². The maximum Gasteiger partial charge on any atom is 0.337 e. The van der Waals surface area contributed by atoms with Crippen LogP contribution in [0.2, 0.25) is 0 Å². The molecule has 3 aromatic rings. The highest BCUT2D eigenvalue weighted by Crippen LogP contribution is 2.33. The van der Waals surface area contributed by atoms with E-state index < -0.39 is 12.1 Å². The molecule has 0 radical (unpaired) electrons. The zero-order valence-electron chi connectivity index (χ0n) is 17.6. The maximum atomic E-state index is 13.6. The lowest BCUT2D eigenvalue weighted by atomic mass is 9.87. The van der Waals surface area contributed by atoms with E-state index in [0.717, 1.165) is 41.1 Å². The van der Waals surface area contributed by atoms with E-state index >= 15 is 0 Å². The Morgan fingerprint density at radius 2 is 1.97 bits per heavy atom. The SMILES string of the molecule is CC(C)(C)c1nc2cc(Sn3ccc(C(=O)O)c3)ccc2n1CC1CCC(F)CC1.